The first-order valence-electron chi connectivity index (χ1n) is 18.3. The Kier molecular flexibility index (Phi) is 6.73. The Balaban J connectivity index is 1.13. The lowest BCUT2D eigenvalue weighted by Crippen LogP contribution is -2.32. The van der Waals surface area contributed by atoms with Crippen LogP contribution in [0.25, 0.3) is 67.2 Å². The van der Waals surface area contributed by atoms with Crippen LogP contribution < -0.4 is 4.74 Å². The Morgan fingerprint density at radius 2 is 0.778 bits per heavy atom. The van der Waals surface area contributed by atoms with Crippen molar-refractivity contribution in [2.24, 2.45) is 0 Å². The molecule has 0 radical (unpaired) electrons. The van der Waals surface area contributed by atoms with Crippen LogP contribution in [-0.4, -0.2) is 15.0 Å². The number of fused-ring (bicyclic) bond motifs is 10. The largest absolute Gasteiger partial charge is 0.457 e. The highest BCUT2D eigenvalue weighted by molar-refractivity contribution is 6.05. The molecule has 2 heterocycles. The van der Waals surface area contributed by atoms with E-state index >= 15 is 0 Å². The summed E-state index contributed by atoms with van der Waals surface area (Å²) in [7, 11) is 0. The highest BCUT2D eigenvalue weighted by atomic mass is 16.5. The van der Waals surface area contributed by atoms with Gasteiger partial charge in [0.05, 0.1) is 5.41 Å². The Hall–Kier alpha value is -7.17. The van der Waals surface area contributed by atoms with Crippen LogP contribution in [0.5, 0.6) is 11.5 Å². The van der Waals surface area contributed by atoms with Crippen molar-refractivity contribution in [2.75, 3.05) is 0 Å². The molecule has 1 aromatic heterocycles. The van der Waals surface area contributed by atoms with E-state index in [1.807, 2.05) is 60.7 Å². The second-order valence-electron chi connectivity index (χ2n) is 13.9. The molecular formula is C50H31N3O. The number of hydrogen-bond donors (Lipinski definition) is 0. The highest BCUT2D eigenvalue weighted by Crippen LogP contribution is 2.62. The first kappa shape index (κ1) is 30.5. The van der Waals surface area contributed by atoms with E-state index in [-0.39, 0.29) is 0 Å². The third-order valence-corrected chi connectivity index (χ3v) is 11.0. The molecule has 1 aliphatic heterocycles. The summed E-state index contributed by atoms with van der Waals surface area (Å²) >= 11 is 0. The number of hydrogen-bond acceptors (Lipinski definition) is 4. The topological polar surface area (TPSA) is 47.9 Å². The van der Waals surface area contributed by atoms with E-state index in [2.05, 4.69) is 127 Å². The smallest absolute Gasteiger partial charge is 0.164 e. The number of benzene rings is 8. The van der Waals surface area contributed by atoms with Crippen LogP contribution in [0.1, 0.15) is 22.3 Å². The van der Waals surface area contributed by atoms with Crippen molar-refractivity contribution >= 4 is 10.8 Å². The van der Waals surface area contributed by atoms with Gasteiger partial charge in [0.15, 0.2) is 17.5 Å². The van der Waals surface area contributed by atoms with E-state index < -0.39 is 5.41 Å². The van der Waals surface area contributed by atoms with E-state index in [9.17, 15) is 0 Å². The van der Waals surface area contributed by atoms with Crippen LogP contribution >= 0.6 is 0 Å². The molecule has 0 N–H and O–H groups in total. The van der Waals surface area contributed by atoms with Crippen molar-refractivity contribution in [2.45, 2.75) is 5.41 Å². The number of aromatic nitrogens is 3. The molecule has 8 aromatic carbocycles. The molecule has 0 unspecified atom stereocenters. The van der Waals surface area contributed by atoms with Gasteiger partial charge in [0.25, 0.3) is 0 Å². The van der Waals surface area contributed by atoms with E-state index in [0.717, 1.165) is 61.2 Å². The molecule has 4 heteroatoms. The summed E-state index contributed by atoms with van der Waals surface area (Å²) in [6, 6.07) is 66.2. The highest BCUT2D eigenvalue weighted by Gasteiger charge is 2.51. The van der Waals surface area contributed by atoms with E-state index in [1.54, 1.807) is 0 Å². The maximum Gasteiger partial charge on any atom is 0.164 e. The lowest BCUT2D eigenvalue weighted by molar-refractivity contribution is 0.436. The molecule has 9 aromatic rings. The van der Waals surface area contributed by atoms with Crippen molar-refractivity contribution in [1.29, 1.82) is 0 Å². The molecular weight excluding hydrogens is 659 g/mol. The summed E-state index contributed by atoms with van der Waals surface area (Å²) in [6.07, 6.45) is 0. The molecule has 0 amide bonds. The molecule has 4 nitrogen and oxygen atoms in total. The summed E-state index contributed by atoms with van der Waals surface area (Å²) in [5.41, 5.74) is 12.0. The van der Waals surface area contributed by atoms with Gasteiger partial charge in [0.2, 0.25) is 0 Å². The summed E-state index contributed by atoms with van der Waals surface area (Å²) < 4.78 is 6.58. The number of rotatable bonds is 4. The van der Waals surface area contributed by atoms with Gasteiger partial charge in [0.1, 0.15) is 11.5 Å². The Morgan fingerprint density at radius 3 is 1.43 bits per heavy atom. The zero-order valence-corrected chi connectivity index (χ0v) is 29.1. The zero-order chi connectivity index (χ0) is 35.6. The molecule has 54 heavy (non-hydrogen) atoms. The standard InChI is InChI=1S/C50H31N3O/c1-3-15-32(16-4-1)47-51-48(33-17-5-2-6-18-33)53-49(52-47)40-30-29-35(36-19-7-8-20-37(36)40)34-27-28-39-38-21-9-10-22-41(38)50(44(39)31-34)42-23-11-13-25-45(42)54-46-26-14-12-24-43(46)50/h1-31H. The maximum absolute atomic E-state index is 6.58. The normalized spacial score (nSPS) is 13.1. The van der Waals surface area contributed by atoms with Crippen LogP contribution in [0, 0.1) is 0 Å². The van der Waals surface area contributed by atoms with E-state index in [4.69, 9.17) is 19.7 Å². The summed E-state index contributed by atoms with van der Waals surface area (Å²) in [5, 5.41) is 2.22. The van der Waals surface area contributed by atoms with Crippen molar-refractivity contribution in [3.8, 4) is 67.9 Å². The maximum atomic E-state index is 6.58. The monoisotopic (exact) mass is 689 g/mol. The Labute approximate surface area is 313 Å². The molecule has 0 saturated heterocycles. The van der Waals surface area contributed by atoms with Gasteiger partial charge in [-0.05, 0) is 68.4 Å². The molecule has 2 aliphatic rings. The summed E-state index contributed by atoms with van der Waals surface area (Å²) in [4.78, 5) is 15.1. The zero-order valence-electron chi connectivity index (χ0n) is 29.1. The van der Waals surface area contributed by atoms with Gasteiger partial charge in [-0.2, -0.15) is 0 Å². The van der Waals surface area contributed by atoms with Crippen LogP contribution in [0.2, 0.25) is 0 Å². The minimum atomic E-state index is -0.532. The van der Waals surface area contributed by atoms with E-state index in [1.165, 1.54) is 22.3 Å². The minimum Gasteiger partial charge on any atom is -0.457 e. The van der Waals surface area contributed by atoms with Gasteiger partial charge in [-0.3, -0.25) is 0 Å². The quantitative estimate of drug-likeness (QED) is 0.185. The predicted octanol–water partition coefficient (Wildman–Crippen LogP) is 12.2. The Bertz CT molecular complexity index is 2820. The fourth-order valence-electron chi connectivity index (χ4n) is 8.70. The van der Waals surface area contributed by atoms with Crippen LogP contribution in [0.15, 0.2) is 188 Å². The van der Waals surface area contributed by atoms with Gasteiger partial charge in [-0.1, -0.05) is 164 Å². The summed E-state index contributed by atoms with van der Waals surface area (Å²) in [5.74, 6) is 3.72. The first-order chi connectivity index (χ1) is 26.8. The third-order valence-electron chi connectivity index (χ3n) is 11.0. The SMILES string of the molecule is c1ccc(-c2nc(-c3ccccc3)nc(-c3ccc(-c4ccc5c(c4)C4(c6ccccc6Oc6ccccc64)c4ccccc4-5)c4ccccc34)n2)cc1. The summed E-state index contributed by atoms with van der Waals surface area (Å²) in [6.45, 7) is 0. The molecule has 252 valence electrons. The molecule has 0 bridgehead atoms. The molecule has 1 aliphatic carbocycles. The average Bonchev–Trinajstić information content (AvgIpc) is 3.53. The molecule has 0 saturated carbocycles. The lowest BCUT2D eigenvalue weighted by Gasteiger charge is -2.39. The second kappa shape index (κ2) is 11.9. The Morgan fingerprint density at radius 1 is 0.315 bits per heavy atom. The second-order valence-corrected chi connectivity index (χ2v) is 13.9. The minimum absolute atomic E-state index is 0.532. The number of ether oxygens (including phenoxy) is 1. The van der Waals surface area contributed by atoms with Crippen molar-refractivity contribution in [1.82, 2.24) is 15.0 Å². The molecule has 11 rings (SSSR count). The van der Waals surface area contributed by atoms with Crippen molar-refractivity contribution < 1.29 is 4.74 Å². The lowest BCUT2D eigenvalue weighted by atomic mass is 9.66. The predicted molar refractivity (Wildman–Crippen MR) is 216 cm³/mol. The molecule has 0 atom stereocenters. The van der Waals surface area contributed by atoms with Gasteiger partial charge in [-0.15, -0.1) is 0 Å². The van der Waals surface area contributed by atoms with Crippen molar-refractivity contribution in [3.63, 3.8) is 0 Å². The average molecular weight is 690 g/mol. The number of para-hydroxylation sites is 2. The van der Waals surface area contributed by atoms with Crippen LogP contribution in [-0.2, 0) is 5.41 Å². The van der Waals surface area contributed by atoms with Crippen LogP contribution in [0.3, 0.4) is 0 Å². The van der Waals surface area contributed by atoms with E-state index in [0.29, 0.717) is 17.5 Å². The van der Waals surface area contributed by atoms with Gasteiger partial charge >= 0.3 is 0 Å². The van der Waals surface area contributed by atoms with Gasteiger partial charge in [0, 0.05) is 27.8 Å². The molecule has 1 spiro atoms. The van der Waals surface area contributed by atoms with Crippen molar-refractivity contribution in [3.05, 3.63) is 210 Å². The fraction of sp³-hybridized carbons (Fsp3) is 0.0200. The first-order valence-corrected chi connectivity index (χ1v) is 18.3. The fourth-order valence-corrected chi connectivity index (χ4v) is 8.70. The number of nitrogens with zero attached hydrogens (tertiary/aromatic N) is 3. The third kappa shape index (κ3) is 4.47. The van der Waals surface area contributed by atoms with Gasteiger partial charge < -0.3 is 4.74 Å². The van der Waals surface area contributed by atoms with Gasteiger partial charge in [-0.25, -0.2) is 15.0 Å². The molecule has 0 fully saturated rings. The van der Waals surface area contributed by atoms with Crippen LogP contribution in [0.4, 0.5) is 0 Å².